The quantitative estimate of drug-likeness (QED) is 0.652. The Morgan fingerprint density at radius 3 is 1.77 bits per heavy atom. The lowest BCUT2D eigenvalue weighted by Crippen LogP contribution is -1.94. The Morgan fingerprint density at radius 1 is 1.15 bits per heavy atom. The molecule has 0 aromatic carbocycles. The Labute approximate surface area is 82.0 Å². The van der Waals surface area contributed by atoms with E-state index in [1.807, 2.05) is 25.6 Å². The summed E-state index contributed by atoms with van der Waals surface area (Å²) in [5.74, 6) is 0.587. The van der Waals surface area contributed by atoms with E-state index in [1.165, 1.54) is 17.0 Å². The molecule has 13 heavy (non-hydrogen) atoms. The zero-order valence-electron chi connectivity index (χ0n) is 9.97. The molecule has 1 heterocycles. The highest BCUT2D eigenvalue weighted by Gasteiger charge is 2.11. The van der Waals surface area contributed by atoms with E-state index in [4.69, 9.17) is 0 Å². The molecule has 0 radical (unpaired) electrons. The second-order valence-corrected chi connectivity index (χ2v) is 3.36. The first kappa shape index (κ1) is 12.2. The minimum atomic E-state index is 0.587. The van der Waals surface area contributed by atoms with Crippen LogP contribution >= 0.6 is 0 Å². The van der Waals surface area contributed by atoms with Gasteiger partial charge in [0, 0.05) is 12.7 Å². The van der Waals surface area contributed by atoms with Gasteiger partial charge in [-0.3, -0.25) is 4.68 Å². The molecule has 0 aliphatic carbocycles. The van der Waals surface area contributed by atoms with Crippen molar-refractivity contribution < 1.29 is 0 Å². The number of hydrogen-bond donors (Lipinski definition) is 0. The van der Waals surface area contributed by atoms with E-state index in [2.05, 4.69) is 32.8 Å². The lowest BCUT2D eigenvalue weighted by molar-refractivity contribution is 0.728. The summed E-state index contributed by atoms with van der Waals surface area (Å²) in [7, 11) is 1.99. The van der Waals surface area contributed by atoms with E-state index in [0.717, 1.165) is 0 Å². The average molecular weight is 182 g/mol. The topological polar surface area (TPSA) is 17.8 Å². The molecule has 0 saturated carbocycles. The standard InChI is InChI=1S/C9H16N2.C2H6/c1-6(2)9-7(3)10-11(5)8(9)4;1-2/h6H,1-5H3;1-2H3. The van der Waals surface area contributed by atoms with E-state index >= 15 is 0 Å². The molecule has 0 spiro atoms. The van der Waals surface area contributed by atoms with Gasteiger partial charge >= 0.3 is 0 Å². The van der Waals surface area contributed by atoms with Gasteiger partial charge < -0.3 is 0 Å². The fourth-order valence-corrected chi connectivity index (χ4v) is 1.63. The normalized spacial score (nSPS) is 9.85. The number of rotatable bonds is 1. The predicted octanol–water partition coefficient (Wildman–Crippen LogP) is 3.19. The summed E-state index contributed by atoms with van der Waals surface area (Å²) in [5, 5.41) is 4.35. The van der Waals surface area contributed by atoms with Crippen LogP contribution in [0.5, 0.6) is 0 Å². The Morgan fingerprint density at radius 2 is 1.62 bits per heavy atom. The summed E-state index contributed by atoms with van der Waals surface area (Å²) in [6.45, 7) is 12.6. The van der Waals surface area contributed by atoms with Crippen molar-refractivity contribution in [3.8, 4) is 0 Å². The van der Waals surface area contributed by atoms with E-state index in [0.29, 0.717) is 5.92 Å². The van der Waals surface area contributed by atoms with Gasteiger partial charge in [0.15, 0.2) is 0 Å². The van der Waals surface area contributed by atoms with Crippen molar-refractivity contribution in [3.05, 3.63) is 17.0 Å². The number of nitrogens with zero attached hydrogens (tertiary/aromatic N) is 2. The Bertz CT molecular complexity index is 259. The van der Waals surface area contributed by atoms with Crippen LogP contribution < -0.4 is 0 Å². The second-order valence-electron chi connectivity index (χ2n) is 3.36. The third-order valence-electron chi connectivity index (χ3n) is 2.14. The van der Waals surface area contributed by atoms with Crippen LogP contribution in [0, 0.1) is 13.8 Å². The van der Waals surface area contributed by atoms with Gasteiger partial charge in [0.25, 0.3) is 0 Å². The Kier molecular flexibility index (Phi) is 4.74. The molecule has 76 valence electrons. The molecular weight excluding hydrogens is 160 g/mol. The van der Waals surface area contributed by atoms with Gasteiger partial charge in [-0.1, -0.05) is 27.7 Å². The predicted molar refractivity (Wildman–Crippen MR) is 58.1 cm³/mol. The maximum absolute atomic E-state index is 4.35. The zero-order valence-corrected chi connectivity index (χ0v) is 9.97. The zero-order chi connectivity index (χ0) is 10.6. The lowest BCUT2D eigenvalue weighted by Gasteiger charge is -2.04. The van der Waals surface area contributed by atoms with Gasteiger partial charge in [0.05, 0.1) is 5.69 Å². The van der Waals surface area contributed by atoms with Crippen LogP contribution in [0.25, 0.3) is 0 Å². The fraction of sp³-hybridized carbons (Fsp3) is 0.727. The molecule has 0 aliphatic heterocycles. The highest BCUT2D eigenvalue weighted by atomic mass is 15.3. The molecule has 0 N–H and O–H groups in total. The van der Waals surface area contributed by atoms with Crippen LogP contribution in [0.4, 0.5) is 0 Å². The molecule has 1 aromatic heterocycles. The molecular formula is C11H22N2. The van der Waals surface area contributed by atoms with Crippen LogP contribution in [-0.4, -0.2) is 9.78 Å². The van der Waals surface area contributed by atoms with Crippen molar-refractivity contribution in [1.29, 1.82) is 0 Å². The highest BCUT2D eigenvalue weighted by Crippen LogP contribution is 2.21. The molecule has 2 nitrogen and oxygen atoms in total. The number of aryl methyl sites for hydroxylation is 2. The van der Waals surface area contributed by atoms with Gasteiger partial charge in [-0.2, -0.15) is 5.10 Å². The molecule has 0 fully saturated rings. The molecule has 0 aliphatic rings. The van der Waals surface area contributed by atoms with Crippen molar-refractivity contribution in [2.24, 2.45) is 7.05 Å². The van der Waals surface area contributed by atoms with Gasteiger partial charge in [0.2, 0.25) is 0 Å². The van der Waals surface area contributed by atoms with Gasteiger partial charge in [0.1, 0.15) is 0 Å². The molecule has 0 unspecified atom stereocenters. The van der Waals surface area contributed by atoms with Crippen molar-refractivity contribution >= 4 is 0 Å². The van der Waals surface area contributed by atoms with Gasteiger partial charge in [-0.05, 0) is 25.3 Å². The minimum absolute atomic E-state index is 0.587. The van der Waals surface area contributed by atoms with Crippen LogP contribution in [0.3, 0.4) is 0 Å². The fourth-order valence-electron chi connectivity index (χ4n) is 1.63. The van der Waals surface area contributed by atoms with Crippen LogP contribution in [0.15, 0.2) is 0 Å². The maximum Gasteiger partial charge on any atom is 0.0630 e. The van der Waals surface area contributed by atoms with Crippen LogP contribution in [0.2, 0.25) is 0 Å². The summed E-state index contributed by atoms with van der Waals surface area (Å²) in [6.07, 6.45) is 0. The second kappa shape index (κ2) is 5.05. The Hall–Kier alpha value is -0.790. The molecule has 0 bridgehead atoms. The Balaban J connectivity index is 0.000000671. The van der Waals surface area contributed by atoms with Crippen molar-refractivity contribution in [1.82, 2.24) is 9.78 Å². The maximum atomic E-state index is 4.35. The van der Waals surface area contributed by atoms with Crippen molar-refractivity contribution in [3.63, 3.8) is 0 Å². The van der Waals surface area contributed by atoms with Crippen molar-refractivity contribution in [2.75, 3.05) is 0 Å². The molecule has 0 atom stereocenters. The molecule has 0 saturated heterocycles. The third-order valence-corrected chi connectivity index (χ3v) is 2.14. The summed E-state index contributed by atoms with van der Waals surface area (Å²) >= 11 is 0. The first-order chi connectivity index (χ1) is 6.04. The van der Waals surface area contributed by atoms with E-state index < -0.39 is 0 Å². The van der Waals surface area contributed by atoms with Crippen LogP contribution in [-0.2, 0) is 7.05 Å². The first-order valence-electron chi connectivity index (χ1n) is 5.04. The van der Waals surface area contributed by atoms with E-state index in [-0.39, 0.29) is 0 Å². The smallest absolute Gasteiger partial charge is 0.0630 e. The van der Waals surface area contributed by atoms with E-state index in [1.54, 1.807) is 0 Å². The average Bonchev–Trinajstić information content (AvgIpc) is 2.30. The van der Waals surface area contributed by atoms with Gasteiger partial charge in [-0.25, -0.2) is 0 Å². The van der Waals surface area contributed by atoms with Crippen LogP contribution in [0.1, 0.15) is 50.6 Å². The first-order valence-corrected chi connectivity index (χ1v) is 5.04. The van der Waals surface area contributed by atoms with E-state index in [9.17, 15) is 0 Å². The van der Waals surface area contributed by atoms with Crippen molar-refractivity contribution in [2.45, 2.75) is 47.5 Å². The summed E-state index contributed by atoms with van der Waals surface area (Å²) in [5.41, 5.74) is 3.85. The SMILES string of the molecule is CC.Cc1nn(C)c(C)c1C(C)C. The summed E-state index contributed by atoms with van der Waals surface area (Å²) in [6, 6.07) is 0. The number of aromatic nitrogens is 2. The summed E-state index contributed by atoms with van der Waals surface area (Å²) < 4.78 is 1.95. The minimum Gasteiger partial charge on any atom is -0.272 e. The molecule has 0 amide bonds. The van der Waals surface area contributed by atoms with Gasteiger partial charge in [-0.15, -0.1) is 0 Å². The molecule has 1 rings (SSSR count). The lowest BCUT2D eigenvalue weighted by atomic mass is 10.0. The molecule has 1 aromatic rings. The summed E-state index contributed by atoms with van der Waals surface area (Å²) in [4.78, 5) is 0. The molecule has 2 heteroatoms. The monoisotopic (exact) mass is 182 g/mol. The number of hydrogen-bond acceptors (Lipinski definition) is 1. The highest BCUT2D eigenvalue weighted by molar-refractivity contribution is 5.27. The largest absolute Gasteiger partial charge is 0.272 e. The third kappa shape index (κ3) is 2.58.